The van der Waals surface area contributed by atoms with E-state index in [4.69, 9.17) is 0 Å². The molecular weight excluding hydrogens is 450 g/mol. The van der Waals surface area contributed by atoms with E-state index in [9.17, 15) is 66.6 Å². The van der Waals surface area contributed by atoms with Crippen molar-refractivity contribution in [2.24, 2.45) is 0 Å². The molecule has 0 amide bonds. The molecule has 0 atom stereocenters. The molecule has 1 aromatic rings. The van der Waals surface area contributed by atoms with Crippen molar-refractivity contribution in [2.75, 3.05) is 6.61 Å². The SMILES string of the molecule is [O]CCc1ccc(C(F)(F)C(F)(F)C(F)(F)F)cc1C(F)(F)C(F)(F)C(F)(F)F. The Hall–Kier alpha value is -1.80. The van der Waals surface area contributed by atoms with Gasteiger partial charge in [0.05, 0.1) is 6.61 Å². The van der Waals surface area contributed by atoms with Crippen LogP contribution in [0.3, 0.4) is 0 Å². The molecule has 0 aliphatic carbocycles. The van der Waals surface area contributed by atoms with Gasteiger partial charge < -0.3 is 0 Å². The minimum atomic E-state index is -6.96. The second-order valence-electron chi connectivity index (χ2n) is 5.62. The third-order valence-corrected chi connectivity index (χ3v) is 3.68. The van der Waals surface area contributed by atoms with E-state index >= 15 is 0 Å². The monoisotopic (exact) mass is 457 g/mol. The van der Waals surface area contributed by atoms with Crippen molar-refractivity contribution >= 4 is 0 Å². The summed E-state index contributed by atoms with van der Waals surface area (Å²) in [6.07, 6.45) is -15.1. The summed E-state index contributed by atoms with van der Waals surface area (Å²) in [4.78, 5) is 0. The van der Waals surface area contributed by atoms with Crippen molar-refractivity contribution < 1.29 is 66.6 Å². The molecule has 0 spiro atoms. The first-order valence-electron chi connectivity index (χ1n) is 7.03. The summed E-state index contributed by atoms with van der Waals surface area (Å²) in [6.45, 7) is -1.44. The topological polar surface area (TPSA) is 19.9 Å². The lowest BCUT2D eigenvalue weighted by atomic mass is 9.90. The summed E-state index contributed by atoms with van der Waals surface area (Å²) in [6, 6.07) is -1.45. The van der Waals surface area contributed by atoms with Crippen molar-refractivity contribution in [3.05, 3.63) is 34.9 Å². The van der Waals surface area contributed by atoms with Gasteiger partial charge in [-0.1, -0.05) is 12.1 Å². The van der Waals surface area contributed by atoms with Gasteiger partial charge in [0.2, 0.25) is 0 Å². The molecule has 1 nitrogen and oxygen atoms in total. The molecule has 0 saturated heterocycles. The van der Waals surface area contributed by atoms with Crippen molar-refractivity contribution in [2.45, 2.75) is 42.5 Å². The lowest BCUT2D eigenvalue weighted by Crippen LogP contribution is -2.51. The summed E-state index contributed by atoms with van der Waals surface area (Å²) in [5, 5.41) is 10.5. The van der Waals surface area contributed by atoms with Crippen LogP contribution in [0.2, 0.25) is 0 Å². The average Bonchev–Trinajstić information content (AvgIpc) is 2.52. The van der Waals surface area contributed by atoms with Crippen molar-refractivity contribution in [1.82, 2.24) is 0 Å². The molecule has 167 valence electrons. The van der Waals surface area contributed by atoms with Crippen molar-refractivity contribution in [1.29, 1.82) is 0 Å². The van der Waals surface area contributed by atoms with Crippen LogP contribution < -0.4 is 0 Å². The third kappa shape index (κ3) is 3.97. The maximum absolute atomic E-state index is 13.9. The number of rotatable bonds is 6. The minimum absolute atomic E-state index is 0.122. The lowest BCUT2D eigenvalue weighted by molar-refractivity contribution is -0.361. The van der Waals surface area contributed by atoms with Crippen molar-refractivity contribution in [3.63, 3.8) is 0 Å². The normalized spacial score (nSPS) is 15.0. The van der Waals surface area contributed by atoms with Crippen LogP contribution in [-0.2, 0) is 23.4 Å². The van der Waals surface area contributed by atoms with Gasteiger partial charge in [0.15, 0.2) is 0 Å². The molecule has 0 aliphatic rings. The van der Waals surface area contributed by atoms with Gasteiger partial charge >= 0.3 is 36.0 Å². The second-order valence-corrected chi connectivity index (χ2v) is 5.62. The quantitative estimate of drug-likeness (QED) is 0.451. The zero-order chi connectivity index (χ0) is 23.3. The van der Waals surface area contributed by atoms with Crippen LogP contribution in [0, 0.1) is 0 Å². The molecule has 0 bridgehead atoms. The van der Waals surface area contributed by atoms with E-state index in [1.54, 1.807) is 0 Å². The molecule has 29 heavy (non-hydrogen) atoms. The molecule has 1 aromatic carbocycles. The number of hydrogen-bond acceptors (Lipinski definition) is 0. The minimum Gasteiger partial charge on any atom is -0.236 e. The van der Waals surface area contributed by atoms with Crippen LogP contribution in [0.4, 0.5) is 61.5 Å². The summed E-state index contributed by atoms with van der Waals surface area (Å²) in [5.41, 5.74) is -6.61. The molecule has 0 aliphatic heterocycles. The molecule has 1 radical (unpaired) electrons. The lowest BCUT2D eigenvalue weighted by Gasteiger charge is -2.32. The van der Waals surface area contributed by atoms with E-state index < -0.39 is 71.8 Å². The molecule has 0 heterocycles. The Morgan fingerprint density at radius 3 is 1.41 bits per heavy atom. The highest BCUT2D eigenvalue weighted by molar-refractivity contribution is 5.39. The summed E-state index contributed by atoms with van der Waals surface area (Å²) < 4.78 is 181. The second kappa shape index (κ2) is 7.16. The standard InChI is InChI=1S/C14H7F14O/c15-9(16,11(19,20)13(23,24)25)7-2-1-6(3-4-29)8(5-7)10(17,18)12(21,22)14(26,27)28/h1-2,5H,3-4H2. The van der Waals surface area contributed by atoms with E-state index in [2.05, 4.69) is 0 Å². The van der Waals surface area contributed by atoms with Crippen LogP contribution in [-0.4, -0.2) is 30.8 Å². The highest BCUT2D eigenvalue weighted by Gasteiger charge is 2.75. The smallest absolute Gasteiger partial charge is 0.236 e. The fourth-order valence-electron chi connectivity index (χ4n) is 2.10. The van der Waals surface area contributed by atoms with E-state index in [0.717, 1.165) is 0 Å². The highest BCUT2D eigenvalue weighted by Crippen LogP contribution is 2.55. The van der Waals surface area contributed by atoms with Crippen LogP contribution in [0.1, 0.15) is 16.7 Å². The Morgan fingerprint density at radius 2 is 1.03 bits per heavy atom. The summed E-state index contributed by atoms with van der Waals surface area (Å²) in [7, 11) is 0. The molecule has 15 heteroatoms. The summed E-state index contributed by atoms with van der Waals surface area (Å²) >= 11 is 0. The van der Waals surface area contributed by atoms with Crippen LogP contribution in [0.25, 0.3) is 0 Å². The average molecular weight is 457 g/mol. The van der Waals surface area contributed by atoms with Gasteiger partial charge in [0.1, 0.15) is 0 Å². The van der Waals surface area contributed by atoms with E-state index in [-0.39, 0.29) is 12.1 Å². The Kier molecular flexibility index (Phi) is 6.23. The van der Waals surface area contributed by atoms with Gasteiger partial charge in [-0.05, 0) is 18.1 Å². The first-order valence-corrected chi connectivity index (χ1v) is 7.03. The van der Waals surface area contributed by atoms with Gasteiger partial charge in [-0.3, -0.25) is 0 Å². The Morgan fingerprint density at radius 1 is 0.621 bits per heavy atom. The Balaban J connectivity index is 3.78. The number of benzene rings is 1. The first kappa shape index (κ1) is 25.2. The van der Waals surface area contributed by atoms with E-state index in [1.807, 2.05) is 0 Å². The Bertz CT molecular complexity index is 731. The van der Waals surface area contributed by atoms with Crippen LogP contribution in [0.15, 0.2) is 18.2 Å². The fraction of sp³-hybridized carbons (Fsp3) is 0.571. The zero-order valence-electron chi connectivity index (χ0n) is 13.3. The third-order valence-electron chi connectivity index (χ3n) is 3.68. The molecule has 0 fully saturated rings. The van der Waals surface area contributed by atoms with Gasteiger partial charge in [0.25, 0.3) is 0 Å². The van der Waals surface area contributed by atoms with Crippen molar-refractivity contribution in [3.8, 4) is 0 Å². The molecular formula is C14H7F14O. The largest absolute Gasteiger partial charge is 0.460 e. The predicted molar refractivity (Wildman–Crippen MR) is 65.5 cm³/mol. The highest BCUT2D eigenvalue weighted by atomic mass is 19.4. The number of halogens is 14. The zero-order valence-corrected chi connectivity index (χ0v) is 13.3. The van der Waals surface area contributed by atoms with Crippen LogP contribution in [0.5, 0.6) is 0 Å². The van der Waals surface area contributed by atoms with Gasteiger partial charge in [-0.2, -0.15) is 61.5 Å². The number of hydrogen-bond donors (Lipinski definition) is 0. The molecule has 0 saturated carbocycles. The fourth-order valence-corrected chi connectivity index (χ4v) is 2.10. The summed E-state index contributed by atoms with van der Waals surface area (Å²) in [5.74, 6) is -26.5. The first-order chi connectivity index (χ1) is 12.7. The van der Waals surface area contributed by atoms with Gasteiger partial charge in [0, 0.05) is 11.1 Å². The maximum atomic E-state index is 13.9. The molecule has 0 N–H and O–H groups in total. The van der Waals surface area contributed by atoms with E-state index in [0.29, 0.717) is 0 Å². The Labute approximate surface area is 151 Å². The number of alkyl halides is 14. The molecule has 0 unspecified atom stereocenters. The van der Waals surface area contributed by atoms with Gasteiger partial charge in [-0.15, -0.1) is 0 Å². The maximum Gasteiger partial charge on any atom is 0.460 e. The van der Waals surface area contributed by atoms with Gasteiger partial charge in [-0.25, -0.2) is 5.11 Å². The van der Waals surface area contributed by atoms with Crippen LogP contribution >= 0.6 is 0 Å². The van der Waals surface area contributed by atoms with E-state index in [1.165, 1.54) is 0 Å². The molecule has 0 aromatic heterocycles. The predicted octanol–water partition coefficient (Wildman–Crippen LogP) is 6.24. The molecule has 1 rings (SSSR count).